The molecule has 162 valence electrons. The third-order valence-electron chi connectivity index (χ3n) is 6.86. The van der Waals surface area contributed by atoms with Crippen molar-refractivity contribution in [1.29, 1.82) is 0 Å². The number of amides is 2. The van der Waals surface area contributed by atoms with Crippen molar-refractivity contribution in [2.45, 2.75) is 114 Å². The largest absolute Gasteiger partial charge is 0.345 e. The Morgan fingerprint density at radius 3 is 1.32 bits per heavy atom. The van der Waals surface area contributed by atoms with Gasteiger partial charge in [-0.2, -0.15) is 0 Å². The highest BCUT2D eigenvalue weighted by atomic mass is 16.1. The molecular weight excluding hydrogens is 352 g/mol. The molecule has 0 aromatic carbocycles. The van der Waals surface area contributed by atoms with E-state index < -0.39 is 0 Å². The van der Waals surface area contributed by atoms with Gasteiger partial charge in [-0.05, 0) is 80.1 Å². The van der Waals surface area contributed by atoms with Crippen molar-refractivity contribution in [3.8, 4) is 0 Å². The van der Waals surface area contributed by atoms with Gasteiger partial charge in [-0.25, -0.2) is 0 Å². The van der Waals surface area contributed by atoms with Crippen LogP contribution in [0.25, 0.3) is 0 Å². The van der Waals surface area contributed by atoms with E-state index in [2.05, 4.69) is 52.2 Å². The molecule has 28 heavy (non-hydrogen) atoms. The SMILES string of the molecule is CN(C=O)C1CC(C)(C)NC(C)(CCC2(C)CC(N(C)C=O)CC(C)(C)N2)C1. The summed E-state index contributed by atoms with van der Waals surface area (Å²) in [6, 6.07) is 0.521. The summed E-state index contributed by atoms with van der Waals surface area (Å²) in [6.45, 7) is 13.5. The highest BCUT2D eigenvalue weighted by molar-refractivity contribution is 5.47. The van der Waals surface area contributed by atoms with Crippen molar-refractivity contribution in [3.63, 3.8) is 0 Å². The molecule has 2 rings (SSSR count). The zero-order valence-corrected chi connectivity index (χ0v) is 19.3. The van der Waals surface area contributed by atoms with Crippen molar-refractivity contribution in [3.05, 3.63) is 0 Å². The maximum absolute atomic E-state index is 11.3. The topological polar surface area (TPSA) is 64.7 Å². The molecule has 4 unspecified atom stereocenters. The molecule has 6 heteroatoms. The number of hydrogen-bond donors (Lipinski definition) is 2. The third-order valence-corrected chi connectivity index (χ3v) is 6.86. The Labute approximate surface area is 171 Å². The molecule has 0 aromatic rings. The number of carbonyl (C=O) groups is 2. The van der Waals surface area contributed by atoms with E-state index >= 15 is 0 Å². The molecule has 6 nitrogen and oxygen atoms in total. The zero-order chi connectivity index (χ0) is 21.4. The second-order valence-electron chi connectivity index (χ2n) is 11.3. The van der Waals surface area contributed by atoms with Crippen LogP contribution in [0.3, 0.4) is 0 Å². The summed E-state index contributed by atoms with van der Waals surface area (Å²) in [5.41, 5.74) is -0.0607. The fourth-order valence-electron chi connectivity index (χ4n) is 5.83. The van der Waals surface area contributed by atoms with Crippen molar-refractivity contribution in [1.82, 2.24) is 20.4 Å². The Balaban J connectivity index is 2.13. The van der Waals surface area contributed by atoms with E-state index in [0.29, 0.717) is 0 Å². The lowest BCUT2D eigenvalue weighted by Crippen LogP contribution is -2.65. The van der Waals surface area contributed by atoms with Crippen molar-refractivity contribution in [2.75, 3.05) is 14.1 Å². The van der Waals surface area contributed by atoms with Gasteiger partial charge in [0.2, 0.25) is 12.8 Å². The molecule has 2 N–H and O–H groups in total. The van der Waals surface area contributed by atoms with Crippen LogP contribution in [0.2, 0.25) is 0 Å². The maximum Gasteiger partial charge on any atom is 0.209 e. The molecule has 2 aliphatic rings. The van der Waals surface area contributed by atoms with Gasteiger partial charge in [-0.15, -0.1) is 0 Å². The number of carbonyl (C=O) groups excluding carboxylic acids is 2. The number of hydrogen-bond acceptors (Lipinski definition) is 4. The van der Waals surface area contributed by atoms with Crippen LogP contribution >= 0.6 is 0 Å². The molecular formula is C22H42N4O2. The maximum atomic E-state index is 11.3. The quantitative estimate of drug-likeness (QED) is 0.651. The molecule has 4 atom stereocenters. The van der Waals surface area contributed by atoms with Crippen LogP contribution in [0.5, 0.6) is 0 Å². The van der Waals surface area contributed by atoms with E-state index in [9.17, 15) is 9.59 Å². The zero-order valence-electron chi connectivity index (χ0n) is 19.3. The molecule has 0 saturated carbocycles. The van der Waals surface area contributed by atoms with Crippen LogP contribution in [0.4, 0.5) is 0 Å². The van der Waals surface area contributed by atoms with E-state index in [4.69, 9.17) is 0 Å². The molecule has 0 spiro atoms. The summed E-state index contributed by atoms with van der Waals surface area (Å²) in [5.74, 6) is 0. The lowest BCUT2D eigenvalue weighted by atomic mass is 9.71. The Morgan fingerprint density at radius 2 is 1.04 bits per heavy atom. The van der Waals surface area contributed by atoms with Gasteiger partial charge in [0.15, 0.2) is 0 Å². The standard InChI is InChI=1S/C22H42N4O2/c1-19(2)11-17(25(7)15-27)13-21(5,23-19)9-10-22(6)14-18(26(8)16-28)12-20(3,4)24-22/h15-18,23-24H,9-14H2,1-8H3. The molecule has 0 radical (unpaired) electrons. The predicted octanol–water partition coefficient (Wildman–Crippen LogP) is 2.52. The first-order valence-electron chi connectivity index (χ1n) is 10.7. The molecule has 0 aliphatic carbocycles. The number of nitrogens with one attached hydrogen (secondary N) is 2. The van der Waals surface area contributed by atoms with E-state index in [1.165, 1.54) is 0 Å². The molecule has 2 heterocycles. The average molecular weight is 395 g/mol. The Hall–Kier alpha value is -1.14. The Bertz CT molecular complexity index is 529. The minimum Gasteiger partial charge on any atom is -0.345 e. The summed E-state index contributed by atoms with van der Waals surface area (Å²) >= 11 is 0. The molecule has 2 amide bonds. The van der Waals surface area contributed by atoms with Gasteiger partial charge < -0.3 is 20.4 Å². The second-order valence-corrected chi connectivity index (χ2v) is 11.3. The summed E-state index contributed by atoms with van der Waals surface area (Å²) in [6.07, 6.45) is 7.82. The smallest absolute Gasteiger partial charge is 0.209 e. The fraction of sp³-hybridized carbons (Fsp3) is 0.909. The first kappa shape index (κ1) is 23.1. The van der Waals surface area contributed by atoms with Crippen molar-refractivity contribution < 1.29 is 9.59 Å². The van der Waals surface area contributed by atoms with Crippen molar-refractivity contribution in [2.24, 2.45) is 0 Å². The van der Waals surface area contributed by atoms with Gasteiger partial charge in [0, 0.05) is 48.3 Å². The lowest BCUT2D eigenvalue weighted by molar-refractivity contribution is -0.121. The third kappa shape index (κ3) is 5.69. The lowest BCUT2D eigenvalue weighted by Gasteiger charge is -2.53. The van der Waals surface area contributed by atoms with Crippen LogP contribution < -0.4 is 10.6 Å². The normalized spacial score (nSPS) is 37.1. The molecule has 2 saturated heterocycles. The first-order valence-corrected chi connectivity index (χ1v) is 10.7. The molecule has 0 aromatic heterocycles. The van der Waals surface area contributed by atoms with Gasteiger partial charge in [0.05, 0.1) is 0 Å². The fourth-order valence-corrected chi connectivity index (χ4v) is 5.83. The number of nitrogens with zero attached hydrogens (tertiary/aromatic N) is 2. The Kier molecular flexibility index (Phi) is 6.56. The van der Waals surface area contributed by atoms with Crippen LogP contribution in [-0.2, 0) is 9.59 Å². The van der Waals surface area contributed by atoms with Gasteiger partial charge in [-0.1, -0.05) is 0 Å². The Morgan fingerprint density at radius 1 is 0.714 bits per heavy atom. The van der Waals surface area contributed by atoms with E-state index in [0.717, 1.165) is 51.3 Å². The summed E-state index contributed by atoms with van der Waals surface area (Å²) < 4.78 is 0. The van der Waals surface area contributed by atoms with Gasteiger partial charge in [-0.3, -0.25) is 9.59 Å². The summed E-state index contributed by atoms with van der Waals surface area (Å²) in [7, 11) is 3.79. The molecule has 2 aliphatic heterocycles. The second kappa shape index (κ2) is 7.94. The van der Waals surface area contributed by atoms with E-state index in [-0.39, 0.29) is 34.2 Å². The van der Waals surface area contributed by atoms with Crippen LogP contribution in [0.1, 0.15) is 80.1 Å². The highest BCUT2D eigenvalue weighted by Gasteiger charge is 2.45. The minimum absolute atomic E-state index is 0.00459. The number of rotatable bonds is 7. The van der Waals surface area contributed by atoms with Crippen LogP contribution in [-0.4, -0.2) is 71.0 Å². The first-order chi connectivity index (χ1) is 12.7. The predicted molar refractivity (Wildman–Crippen MR) is 114 cm³/mol. The van der Waals surface area contributed by atoms with Crippen molar-refractivity contribution >= 4 is 12.8 Å². The monoisotopic (exact) mass is 394 g/mol. The van der Waals surface area contributed by atoms with Gasteiger partial charge in [0.25, 0.3) is 0 Å². The highest BCUT2D eigenvalue weighted by Crippen LogP contribution is 2.38. The molecule has 0 bridgehead atoms. The summed E-state index contributed by atoms with van der Waals surface area (Å²) in [4.78, 5) is 26.4. The minimum atomic E-state index is -0.0258. The van der Waals surface area contributed by atoms with E-state index in [1.54, 1.807) is 0 Å². The average Bonchev–Trinajstić information content (AvgIpc) is 2.55. The van der Waals surface area contributed by atoms with Crippen LogP contribution in [0, 0.1) is 0 Å². The van der Waals surface area contributed by atoms with Gasteiger partial charge >= 0.3 is 0 Å². The molecule has 2 fully saturated rings. The van der Waals surface area contributed by atoms with Crippen LogP contribution in [0.15, 0.2) is 0 Å². The number of piperidine rings is 2. The van der Waals surface area contributed by atoms with E-state index in [1.807, 2.05) is 23.9 Å². The summed E-state index contributed by atoms with van der Waals surface area (Å²) in [5, 5.41) is 7.73. The van der Waals surface area contributed by atoms with Gasteiger partial charge in [0.1, 0.15) is 0 Å².